The lowest BCUT2D eigenvalue weighted by Gasteiger charge is -2.15. The summed E-state index contributed by atoms with van der Waals surface area (Å²) in [6.07, 6.45) is 3.29. The number of halogens is 2. The van der Waals surface area contributed by atoms with Crippen molar-refractivity contribution in [2.75, 3.05) is 0 Å². The van der Waals surface area contributed by atoms with Gasteiger partial charge in [-0.15, -0.1) is 0 Å². The highest BCUT2D eigenvalue weighted by Gasteiger charge is 2.10. The number of pyridine rings is 1. The number of nitrogens with zero attached hydrogens (tertiary/aromatic N) is 1. The molecule has 0 radical (unpaired) electrons. The maximum atomic E-state index is 13.6. The average Bonchev–Trinajstić information content (AvgIpc) is 2.38. The minimum Gasteiger partial charge on any atom is -0.306 e. The van der Waals surface area contributed by atoms with Crippen molar-refractivity contribution in [2.45, 2.75) is 19.5 Å². The fourth-order valence-electron chi connectivity index (χ4n) is 1.75. The SMILES string of the molecule is CC(NCc1ccncc1Cl)c1ccccc1F. The second kappa shape index (κ2) is 5.94. The quantitative estimate of drug-likeness (QED) is 0.910. The van der Waals surface area contributed by atoms with Crippen LogP contribution in [0.15, 0.2) is 42.7 Å². The first kappa shape index (κ1) is 13.0. The Bertz CT molecular complexity index is 531. The van der Waals surface area contributed by atoms with Crippen molar-refractivity contribution in [1.29, 1.82) is 0 Å². The van der Waals surface area contributed by atoms with Gasteiger partial charge < -0.3 is 5.32 Å². The van der Waals surface area contributed by atoms with E-state index in [9.17, 15) is 4.39 Å². The summed E-state index contributed by atoms with van der Waals surface area (Å²) in [5.74, 6) is -0.196. The summed E-state index contributed by atoms with van der Waals surface area (Å²) in [6.45, 7) is 2.50. The Kier molecular flexibility index (Phi) is 4.28. The van der Waals surface area contributed by atoms with E-state index < -0.39 is 0 Å². The van der Waals surface area contributed by atoms with Gasteiger partial charge >= 0.3 is 0 Å². The molecular weight excluding hydrogens is 251 g/mol. The van der Waals surface area contributed by atoms with Crippen LogP contribution in [0, 0.1) is 5.82 Å². The molecule has 2 aromatic rings. The van der Waals surface area contributed by atoms with E-state index in [4.69, 9.17) is 11.6 Å². The van der Waals surface area contributed by atoms with Gasteiger partial charge in [0, 0.05) is 30.5 Å². The molecule has 1 unspecified atom stereocenters. The van der Waals surface area contributed by atoms with Crippen molar-refractivity contribution in [2.24, 2.45) is 0 Å². The molecule has 1 N–H and O–H groups in total. The van der Waals surface area contributed by atoms with E-state index in [0.717, 1.165) is 5.56 Å². The van der Waals surface area contributed by atoms with E-state index >= 15 is 0 Å². The Balaban J connectivity index is 2.03. The van der Waals surface area contributed by atoms with Crippen LogP contribution < -0.4 is 5.32 Å². The molecule has 0 bridgehead atoms. The lowest BCUT2D eigenvalue weighted by molar-refractivity contribution is 0.528. The van der Waals surface area contributed by atoms with Gasteiger partial charge in [0.1, 0.15) is 5.82 Å². The second-order valence-corrected chi connectivity index (χ2v) is 4.50. The van der Waals surface area contributed by atoms with Crippen LogP contribution in [0.5, 0.6) is 0 Å². The third-order valence-electron chi connectivity index (χ3n) is 2.83. The number of benzene rings is 1. The van der Waals surface area contributed by atoms with Crippen molar-refractivity contribution in [3.8, 4) is 0 Å². The largest absolute Gasteiger partial charge is 0.306 e. The van der Waals surface area contributed by atoms with Crippen LogP contribution in [0.4, 0.5) is 4.39 Å². The third-order valence-corrected chi connectivity index (χ3v) is 3.17. The van der Waals surface area contributed by atoms with Gasteiger partial charge in [-0.1, -0.05) is 29.8 Å². The number of aromatic nitrogens is 1. The average molecular weight is 265 g/mol. The summed E-state index contributed by atoms with van der Waals surface area (Å²) in [6, 6.07) is 8.54. The fraction of sp³-hybridized carbons (Fsp3) is 0.214. The van der Waals surface area contributed by atoms with Gasteiger partial charge in [-0.05, 0) is 24.6 Å². The van der Waals surface area contributed by atoms with Crippen LogP contribution in [0.2, 0.25) is 5.02 Å². The molecule has 0 saturated carbocycles. The van der Waals surface area contributed by atoms with Crippen molar-refractivity contribution >= 4 is 11.6 Å². The van der Waals surface area contributed by atoms with Gasteiger partial charge in [-0.2, -0.15) is 0 Å². The minimum absolute atomic E-state index is 0.0737. The van der Waals surface area contributed by atoms with Crippen LogP contribution in [0.25, 0.3) is 0 Å². The molecule has 18 heavy (non-hydrogen) atoms. The first-order valence-electron chi connectivity index (χ1n) is 5.74. The number of hydrogen-bond acceptors (Lipinski definition) is 2. The predicted molar refractivity (Wildman–Crippen MR) is 70.9 cm³/mol. The number of rotatable bonds is 4. The molecule has 2 nitrogen and oxygen atoms in total. The first-order valence-corrected chi connectivity index (χ1v) is 6.12. The van der Waals surface area contributed by atoms with Crippen molar-refractivity contribution in [3.63, 3.8) is 0 Å². The Hall–Kier alpha value is -1.45. The summed E-state index contributed by atoms with van der Waals surface area (Å²) in [4.78, 5) is 3.92. The molecule has 1 aromatic carbocycles. The summed E-state index contributed by atoms with van der Waals surface area (Å²) in [7, 11) is 0. The minimum atomic E-state index is -0.196. The van der Waals surface area contributed by atoms with Gasteiger partial charge in [0.05, 0.1) is 5.02 Å². The highest BCUT2D eigenvalue weighted by atomic mass is 35.5. The normalized spacial score (nSPS) is 12.4. The standard InChI is InChI=1S/C14H14ClFN2/c1-10(12-4-2-3-5-14(12)16)18-8-11-6-7-17-9-13(11)15/h2-7,9-10,18H,8H2,1H3. The predicted octanol–water partition coefficient (Wildman–Crippen LogP) is 3.72. The Labute approximate surface area is 111 Å². The van der Waals surface area contributed by atoms with E-state index in [1.165, 1.54) is 6.07 Å². The highest BCUT2D eigenvalue weighted by molar-refractivity contribution is 6.31. The molecule has 0 spiro atoms. The van der Waals surface area contributed by atoms with Crippen LogP contribution >= 0.6 is 11.6 Å². The molecule has 1 atom stereocenters. The zero-order valence-corrected chi connectivity index (χ0v) is 10.8. The molecule has 2 rings (SSSR count). The third kappa shape index (κ3) is 3.06. The summed E-state index contributed by atoms with van der Waals surface area (Å²) >= 11 is 6.01. The molecule has 0 aliphatic heterocycles. The molecule has 4 heteroatoms. The van der Waals surface area contributed by atoms with Gasteiger partial charge in [-0.3, -0.25) is 4.98 Å². The molecule has 0 aliphatic rings. The lowest BCUT2D eigenvalue weighted by Crippen LogP contribution is -2.19. The van der Waals surface area contributed by atoms with Gasteiger partial charge in [0.25, 0.3) is 0 Å². The Morgan fingerprint density at radius 1 is 1.33 bits per heavy atom. The lowest BCUT2D eigenvalue weighted by atomic mass is 10.1. The monoisotopic (exact) mass is 264 g/mol. The summed E-state index contributed by atoms with van der Waals surface area (Å²) in [5, 5.41) is 3.86. The molecule has 0 saturated heterocycles. The summed E-state index contributed by atoms with van der Waals surface area (Å²) < 4.78 is 13.6. The molecule has 0 aliphatic carbocycles. The smallest absolute Gasteiger partial charge is 0.127 e. The van der Waals surface area contributed by atoms with E-state index in [1.807, 2.05) is 19.1 Å². The zero-order valence-electron chi connectivity index (χ0n) is 10.0. The first-order chi connectivity index (χ1) is 8.68. The Morgan fingerprint density at radius 2 is 2.11 bits per heavy atom. The highest BCUT2D eigenvalue weighted by Crippen LogP contribution is 2.18. The fourth-order valence-corrected chi connectivity index (χ4v) is 1.93. The van der Waals surface area contributed by atoms with Crippen LogP contribution in [0.1, 0.15) is 24.1 Å². The molecule has 0 amide bonds. The van der Waals surface area contributed by atoms with Crippen molar-refractivity contribution in [3.05, 3.63) is 64.7 Å². The summed E-state index contributed by atoms with van der Waals surface area (Å²) in [5.41, 5.74) is 1.61. The maximum Gasteiger partial charge on any atom is 0.127 e. The van der Waals surface area contributed by atoms with Gasteiger partial charge in [0.15, 0.2) is 0 Å². The van der Waals surface area contributed by atoms with E-state index in [1.54, 1.807) is 24.5 Å². The van der Waals surface area contributed by atoms with Gasteiger partial charge in [0.2, 0.25) is 0 Å². The topological polar surface area (TPSA) is 24.9 Å². The number of hydrogen-bond donors (Lipinski definition) is 1. The molecule has 1 heterocycles. The van der Waals surface area contributed by atoms with Crippen molar-refractivity contribution in [1.82, 2.24) is 10.3 Å². The molecule has 1 aromatic heterocycles. The van der Waals surface area contributed by atoms with Crippen molar-refractivity contribution < 1.29 is 4.39 Å². The second-order valence-electron chi connectivity index (χ2n) is 4.09. The van der Waals surface area contributed by atoms with E-state index in [0.29, 0.717) is 17.1 Å². The van der Waals surface area contributed by atoms with Crippen LogP contribution in [-0.4, -0.2) is 4.98 Å². The molecular formula is C14H14ClFN2. The molecule has 94 valence electrons. The van der Waals surface area contributed by atoms with Crippen LogP contribution in [0.3, 0.4) is 0 Å². The zero-order chi connectivity index (χ0) is 13.0. The maximum absolute atomic E-state index is 13.6. The molecule has 0 fully saturated rings. The van der Waals surface area contributed by atoms with Gasteiger partial charge in [-0.25, -0.2) is 4.39 Å². The Morgan fingerprint density at radius 3 is 2.83 bits per heavy atom. The van der Waals surface area contributed by atoms with E-state index in [2.05, 4.69) is 10.3 Å². The van der Waals surface area contributed by atoms with E-state index in [-0.39, 0.29) is 11.9 Å². The van der Waals surface area contributed by atoms with Crippen LogP contribution in [-0.2, 0) is 6.54 Å². The number of nitrogens with one attached hydrogen (secondary N) is 1.